The lowest BCUT2D eigenvalue weighted by Gasteiger charge is -2.12. The van der Waals surface area contributed by atoms with E-state index in [0.717, 1.165) is 22.5 Å². The van der Waals surface area contributed by atoms with Crippen molar-refractivity contribution in [2.75, 3.05) is 38.0 Å². The van der Waals surface area contributed by atoms with Gasteiger partial charge < -0.3 is 14.2 Å². The van der Waals surface area contributed by atoms with Crippen molar-refractivity contribution < 1.29 is 4.42 Å². The topological polar surface area (TPSA) is 19.6 Å². The first-order valence-electron chi connectivity index (χ1n) is 6.38. The molecule has 2 aromatic carbocycles. The van der Waals surface area contributed by atoms with Crippen molar-refractivity contribution in [3.8, 4) is 0 Å². The number of rotatable bonds is 2. The van der Waals surface area contributed by atoms with E-state index in [0.29, 0.717) is 0 Å². The van der Waals surface area contributed by atoms with Crippen molar-refractivity contribution in [3.63, 3.8) is 0 Å². The van der Waals surface area contributed by atoms with Gasteiger partial charge in [0.25, 0.3) is 0 Å². The van der Waals surface area contributed by atoms with Crippen LogP contribution in [0.15, 0.2) is 40.8 Å². The second kappa shape index (κ2) is 4.19. The Morgan fingerprint density at radius 2 is 1.11 bits per heavy atom. The molecule has 1 heterocycles. The molecule has 3 rings (SSSR count). The van der Waals surface area contributed by atoms with Gasteiger partial charge in [0.05, 0.1) is 11.4 Å². The fourth-order valence-corrected chi connectivity index (χ4v) is 2.49. The first-order valence-corrected chi connectivity index (χ1v) is 6.38. The first-order chi connectivity index (χ1) is 9.09. The minimum Gasteiger partial charge on any atom is -0.452 e. The second-order valence-corrected chi connectivity index (χ2v) is 5.20. The molecule has 3 aromatic rings. The van der Waals surface area contributed by atoms with Gasteiger partial charge in [0, 0.05) is 39.0 Å². The van der Waals surface area contributed by atoms with Crippen LogP contribution in [0.1, 0.15) is 0 Å². The van der Waals surface area contributed by atoms with Crippen LogP contribution in [0.4, 0.5) is 11.4 Å². The maximum absolute atomic E-state index is 6.15. The van der Waals surface area contributed by atoms with Crippen LogP contribution in [0.2, 0.25) is 0 Å². The molecule has 0 spiro atoms. The number of fused-ring (bicyclic) bond motifs is 3. The average Bonchev–Trinajstić information content (AvgIpc) is 2.76. The highest BCUT2D eigenvalue weighted by molar-refractivity contribution is 6.12. The first kappa shape index (κ1) is 11.9. The van der Waals surface area contributed by atoms with Gasteiger partial charge in [0.2, 0.25) is 0 Å². The quantitative estimate of drug-likeness (QED) is 0.695. The van der Waals surface area contributed by atoms with Crippen molar-refractivity contribution in [3.05, 3.63) is 36.4 Å². The number of hydrogen-bond acceptors (Lipinski definition) is 3. The van der Waals surface area contributed by atoms with Crippen molar-refractivity contribution in [1.82, 2.24) is 0 Å². The molecule has 0 aliphatic rings. The Bertz CT molecular complexity index is 679. The van der Waals surface area contributed by atoms with E-state index < -0.39 is 0 Å². The van der Waals surface area contributed by atoms with Crippen LogP contribution in [0, 0.1) is 0 Å². The molecule has 3 heteroatoms. The van der Waals surface area contributed by atoms with E-state index in [1.165, 1.54) is 10.8 Å². The van der Waals surface area contributed by atoms with Crippen LogP contribution in [0.25, 0.3) is 21.9 Å². The normalized spacial score (nSPS) is 11.2. The van der Waals surface area contributed by atoms with Crippen LogP contribution in [0.5, 0.6) is 0 Å². The largest absolute Gasteiger partial charge is 0.452 e. The Labute approximate surface area is 113 Å². The van der Waals surface area contributed by atoms with E-state index in [1.807, 2.05) is 28.2 Å². The molecule has 0 N–H and O–H groups in total. The van der Waals surface area contributed by atoms with E-state index in [1.54, 1.807) is 0 Å². The number of para-hydroxylation sites is 2. The third-order valence-corrected chi connectivity index (χ3v) is 3.45. The van der Waals surface area contributed by atoms with E-state index in [-0.39, 0.29) is 0 Å². The molecule has 98 valence electrons. The fraction of sp³-hybridized carbons (Fsp3) is 0.250. The summed E-state index contributed by atoms with van der Waals surface area (Å²) in [7, 11) is 8.15. The Kier molecular flexibility index (Phi) is 2.63. The third-order valence-electron chi connectivity index (χ3n) is 3.45. The molecule has 0 bridgehead atoms. The van der Waals surface area contributed by atoms with Crippen molar-refractivity contribution in [2.45, 2.75) is 0 Å². The predicted molar refractivity (Wildman–Crippen MR) is 82.4 cm³/mol. The Balaban J connectivity index is 2.44. The molecule has 19 heavy (non-hydrogen) atoms. The third kappa shape index (κ3) is 1.73. The molecule has 0 aliphatic carbocycles. The number of furan rings is 1. The monoisotopic (exact) mass is 254 g/mol. The average molecular weight is 254 g/mol. The highest BCUT2D eigenvalue weighted by Crippen LogP contribution is 2.38. The summed E-state index contributed by atoms with van der Waals surface area (Å²) in [4.78, 5) is 4.17. The summed E-state index contributed by atoms with van der Waals surface area (Å²) in [6.45, 7) is 0. The predicted octanol–water partition coefficient (Wildman–Crippen LogP) is 3.72. The zero-order valence-corrected chi connectivity index (χ0v) is 11.8. The SMILES string of the molecule is CN(C)c1cccc2c1oc1c(N(C)C)cccc12. The van der Waals surface area contributed by atoms with Crippen LogP contribution in [-0.4, -0.2) is 28.2 Å². The lowest BCUT2D eigenvalue weighted by atomic mass is 10.1. The molecular weight excluding hydrogens is 236 g/mol. The van der Waals surface area contributed by atoms with Gasteiger partial charge in [-0.05, 0) is 12.1 Å². The van der Waals surface area contributed by atoms with Crippen LogP contribution >= 0.6 is 0 Å². The molecule has 0 unspecified atom stereocenters. The van der Waals surface area contributed by atoms with Crippen molar-refractivity contribution in [1.29, 1.82) is 0 Å². The molecule has 0 saturated carbocycles. The second-order valence-electron chi connectivity index (χ2n) is 5.20. The van der Waals surface area contributed by atoms with Gasteiger partial charge in [-0.15, -0.1) is 0 Å². The Morgan fingerprint density at radius 1 is 0.684 bits per heavy atom. The lowest BCUT2D eigenvalue weighted by molar-refractivity contribution is 0.667. The molecule has 3 nitrogen and oxygen atoms in total. The van der Waals surface area contributed by atoms with Gasteiger partial charge in [-0.3, -0.25) is 0 Å². The van der Waals surface area contributed by atoms with Crippen molar-refractivity contribution >= 4 is 33.3 Å². The van der Waals surface area contributed by atoms with Gasteiger partial charge in [-0.2, -0.15) is 0 Å². The molecular formula is C16H18N2O. The van der Waals surface area contributed by atoms with E-state index in [4.69, 9.17) is 4.42 Å². The van der Waals surface area contributed by atoms with E-state index in [9.17, 15) is 0 Å². The minimum absolute atomic E-state index is 0.955. The molecule has 0 fully saturated rings. The molecule has 0 aliphatic heterocycles. The van der Waals surface area contributed by atoms with E-state index >= 15 is 0 Å². The molecule has 0 radical (unpaired) electrons. The van der Waals surface area contributed by atoms with E-state index in [2.05, 4.69) is 46.2 Å². The maximum atomic E-state index is 6.15. The minimum atomic E-state index is 0.955. The van der Waals surface area contributed by atoms with Gasteiger partial charge in [-0.1, -0.05) is 24.3 Å². The zero-order chi connectivity index (χ0) is 13.6. The molecule has 0 amide bonds. The summed E-state index contributed by atoms with van der Waals surface area (Å²) in [6.07, 6.45) is 0. The molecule has 1 aromatic heterocycles. The summed E-state index contributed by atoms with van der Waals surface area (Å²) < 4.78 is 6.15. The fourth-order valence-electron chi connectivity index (χ4n) is 2.49. The summed E-state index contributed by atoms with van der Waals surface area (Å²) in [5.74, 6) is 0. The zero-order valence-electron chi connectivity index (χ0n) is 11.8. The molecule has 0 atom stereocenters. The summed E-state index contributed by atoms with van der Waals surface area (Å²) in [6, 6.07) is 12.6. The summed E-state index contributed by atoms with van der Waals surface area (Å²) in [5, 5.41) is 2.34. The Morgan fingerprint density at radius 3 is 1.47 bits per heavy atom. The molecule has 0 saturated heterocycles. The standard InChI is InChI=1S/C16H18N2O/c1-17(2)13-9-5-7-11-12-8-6-10-14(18(3)4)16(12)19-15(11)13/h5-10H,1-4H3. The van der Waals surface area contributed by atoms with Gasteiger partial charge in [-0.25, -0.2) is 0 Å². The van der Waals surface area contributed by atoms with Gasteiger partial charge in [0.15, 0.2) is 11.2 Å². The lowest BCUT2D eigenvalue weighted by Crippen LogP contribution is -2.08. The number of benzene rings is 2. The highest BCUT2D eigenvalue weighted by Gasteiger charge is 2.14. The van der Waals surface area contributed by atoms with Gasteiger partial charge >= 0.3 is 0 Å². The van der Waals surface area contributed by atoms with Crippen LogP contribution in [0.3, 0.4) is 0 Å². The maximum Gasteiger partial charge on any atom is 0.158 e. The Hall–Kier alpha value is -2.16. The highest BCUT2D eigenvalue weighted by atomic mass is 16.3. The van der Waals surface area contributed by atoms with Crippen LogP contribution in [-0.2, 0) is 0 Å². The number of anilines is 2. The summed E-state index contributed by atoms with van der Waals surface area (Å²) >= 11 is 0. The summed E-state index contributed by atoms with van der Waals surface area (Å²) in [5.41, 5.74) is 4.13. The van der Waals surface area contributed by atoms with Gasteiger partial charge in [0.1, 0.15) is 0 Å². The number of hydrogen-bond donors (Lipinski definition) is 0. The van der Waals surface area contributed by atoms with Crippen molar-refractivity contribution in [2.24, 2.45) is 0 Å². The number of nitrogens with zero attached hydrogens (tertiary/aromatic N) is 2. The smallest absolute Gasteiger partial charge is 0.158 e. The van der Waals surface area contributed by atoms with Crippen LogP contribution < -0.4 is 9.80 Å².